The molecule has 13 heteroatoms. The SMILES string of the molecule is CCC(C)C(C(CC(=O)N1CCC[C@H]1C(OC)C(C)C(=O)NC(Cc1ccccc1C)C(=O)O)OC)N(C)C(=O)C(NC(=O)C(NC)C(C)C)C(C)C. The lowest BCUT2D eigenvalue weighted by atomic mass is 9.89. The number of rotatable bonds is 21. The van der Waals surface area contributed by atoms with Crippen molar-refractivity contribution in [3.63, 3.8) is 0 Å². The van der Waals surface area contributed by atoms with E-state index in [2.05, 4.69) is 16.0 Å². The monoisotopic (exact) mass is 745 g/mol. The van der Waals surface area contributed by atoms with Crippen molar-refractivity contribution in [2.24, 2.45) is 23.7 Å². The molecule has 0 bridgehead atoms. The first kappa shape index (κ1) is 45.6. The van der Waals surface area contributed by atoms with Gasteiger partial charge in [0.1, 0.15) is 12.1 Å². The van der Waals surface area contributed by atoms with Crippen LogP contribution in [0.2, 0.25) is 0 Å². The van der Waals surface area contributed by atoms with Crippen LogP contribution in [0.1, 0.15) is 85.3 Å². The molecule has 8 unspecified atom stereocenters. The highest BCUT2D eigenvalue weighted by atomic mass is 16.5. The third-order valence-corrected chi connectivity index (χ3v) is 11.0. The van der Waals surface area contributed by atoms with E-state index in [1.54, 1.807) is 30.8 Å². The van der Waals surface area contributed by atoms with Crippen molar-refractivity contribution in [3.05, 3.63) is 35.4 Å². The van der Waals surface area contributed by atoms with Crippen molar-refractivity contribution >= 4 is 29.6 Å². The topological polar surface area (TPSA) is 167 Å². The minimum atomic E-state index is -1.13. The van der Waals surface area contributed by atoms with Gasteiger partial charge in [-0.3, -0.25) is 19.2 Å². The molecule has 1 fully saturated rings. The molecule has 1 aliphatic rings. The van der Waals surface area contributed by atoms with Crippen LogP contribution >= 0.6 is 0 Å². The van der Waals surface area contributed by atoms with Gasteiger partial charge in [-0.25, -0.2) is 4.79 Å². The maximum absolute atomic E-state index is 14.2. The number of ether oxygens (including phenoxy) is 2. The Labute approximate surface area is 317 Å². The van der Waals surface area contributed by atoms with Crippen LogP contribution in [0, 0.1) is 30.6 Å². The van der Waals surface area contributed by atoms with Crippen molar-refractivity contribution < 1.29 is 38.6 Å². The second-order valence-electron chi connectivity index (χ2n) is 15.4. The van der Waals surface area contributed by atoms with E-state index in [0.29, 0.717) is 19.4 Å². The molecule has 2 rings (SSSR count). The second kappa shape index (κ2) is 21.4. The van der Waals surface area contributed by atoms with E-state index in [4.69, 9.17) is 9.47 Å². The Morgan fingerprint density at radius 2 is 1.57 bits per heavy atom. The highest BCUT2D eigenvalue weighted by Crippen LogP contribution is 2.30. The number of hydrogen-bond acceptors (Lipinski definition) is 8. The summed E-state index contributed by atoms with van der Waals surface area (Å²) in [5.74, 6) is -3.26. The summed E-state index contributed by atoms with van der Waals surface area (Å²) < 4.78 is 11.9. The third kappa shape index (κ3) is 12.0. The van der Waals surface area contributed by atoms with Crippen molar-refractivity contribution in [2.45, 2.75) is 130 Å². The fourth-order valence-electron chi connectivity index (χ4n) is 7.61. The number of hydrogen-bond donors (Lipinski definition) is 4. The molecule has 9 atom stereocenters. The number of carbonyl (C=O) groups is 5. The summed E-state index contributed by atoms with van der Waals surface area (Å²) in [6.07, 6.45) is 0.817. The second-order valence-corrected chi connectivity index (χ2v) is 15.4. The number of aryl methyl sites for hydroxylation is 1. The fourth-order valence-corrected chi connectivity index (χ4v) is 7.61. The number of methoxy groups -OCH3 is 2. The number of carboxylic acid groups (broad SMARTS) is 1. The van der Waals surface area contributed by atoms with E-state index in [1.807, 2.05) is 72.7 Å². The molecule has 0 aromatic heterocycles. The molecule has 300 valence electrons. The average Bonchev–Trinajstić information content (AvgIpc) is 3.60. The van der Waals surface area contributed by atoms with Gasteiger partial charge in [-0.15, -0.1) is 0 Å². The van der Waals surface area contributed by atoms with Crippen LogP contribution in [0.3, 0.4) is 0 Å². The first-order valence-electron chi connectivity index (χ1n) is 19.1. The highest BCUT2D eigenvalue weighted by molar-refractivity contribution is 5.90. The molecule has 53 heavy (non-hydrogen) atoms. The molecule has 4 amide bonds. The number of aliphatic carboxylic acids is 1. The van der Waals surface area contributed by atoms with Gasteiger partial charge in [0.05, 0.1) is 42.7 Å². The Morgan fingerprint density at radius 3 is 2.08 bits per heavy atom. The van der Waals surface area contributed by atoms with Crippen LogP contribution < -0.4 is 16.0 Å². The first-order chi connectivity index (χ1) is 24.9. The van der Waals surface area contributed by atoms with Crippen LogP contribution in [-0.2, 0) is 39.9 Å². The molecule has 1 aliphatic heterocycles. The average molecular weight is 746 g/mol. The number of amides is 4. The van der Waals surface area contributed by atoms with Crippen LogP contribution in [0.15, 0.2) is 24.3 Å². The van der Waals surface area contributed by atoms with E-state index in [-0.39, 0.29) is 48.3 Å². The van der Waals surface area contributed by atoms with Crippen molar-refractivity contribution in [2.75, 3.05) is 34.9 Å². The van der Waals surface area contributed by atoms with Crippen LogP contribution in [0.4, 0.5) is 0 Å². The predicted molar refractivity (Wildman–Crippen MR) is 205 cm³/mol. The van der Waals surface area contributed by atoms with Crippen LogP contribution in [0.5, 0.6) is 0 Å². The number of nitrogens with zero attached hydrogens (tertiary/aromatic N) is 2. The molecule has 0 saturated carbocycles. The van der Waals surface area contributed by atoms with Crippen LogP contribution in [0.25, 0.3) is 0 Å². The summed E-state index contributed by atoms with van der Waals surface area (Å²) in [6.45, 7) is 15.8. The maximum Gasteiger partial charge on any atom is 0.326 e. The Balaban J connectivity index is 2.27. The molecule has 1 aromatic rings. The Bertz CT molecular complexity index is 1370. The molecule has 1 heterocycles. The van der Waals surface area contributed by atoms with Gasteiger partial charge in [0.25, 0.3) is 0 Å². The van der Waals surface area contributed by atoms with Gasteiger partial charge in [-0.1, -0.05) is 79.2 Å². The van der Waals surface area contributed by atoms with Gasteiger partial charge in [0.15, 0.2) is 0 Å². The quantitative estimate of drug-likeness (QED) is 0.148. The van der Waals surface area contributed by atoms with Gasteiger partial charge in [-0.05, 0) is 55.7 Å². The number of likely N-dealkylation sites (tertiary alicyclic amines) is 1. The standard InChI is InChI=1S/C40H67N5O8/c1-13-25(6)35(44(10)39(49)34(24(4)5)43-38(48)33(41-9)23(2)3)31(52-11)22-32(46)45-20-16-19-30(45)36(53-12)27(8)37(47)42-29(40(50)51)21-28-18-15-14-17-26(28)7/h14-15,17-18,23-25,27,29-31,33-36,41H,13,16,19-22H2,1-12H3,(H,42,47)(H,43,48)(H,50,51)/t25?,27?,29?,30-,31?,33?,34?,35?,36?/m0/s1. The lowest BCUT2D eigenvalue weighted by molar-refractivity contribution is -0.148. The number of likely N-dealkylation sites (N-methyl/N-ethyl adjacent to an activating group) is 2. The van der Waals surface area contributed by atoms with E-state index in [1.165, 1.54) is 14.2 Å². The Morgan fingerprint density at radius 1 is 0.943 bits per heavy atom. The summed E-state index contributed by atoms with van der Waals surface area (Å²) in [7, 11) is 6.46. The molecule has 1 saturated heterocycles. The summed E-state index contributed by atoms with van der Waals surface area (Å²) >= 11 is 0. The predicted octanol–water partition coefficient (Wildman–Crippen LogP) is 3.41. The Kier molecular flexibility index (Phi) is 18.4. The van der Waals surface area contributed by atoms with Gasteiger partial charge < -0.3 is 40.3 Å². The van der Waals surface area contributed by atoms with Crippen molar-refractivity contribution in [1.29, 1.82) is 0 Å². The largest absolute Gasteiger partial charge is 0.480 e. The number of carboxylic acids is 1. The zero-order chi connectivity index (χ0) is 40.2. The fraction of sp³-hybridized carbons (Fsp3) is 0.725. The molecule has 4 N–H and O–H groups in total. The minimum Gasteiger partial charge on any atom is -0.480 e. The van der Waals surface area contributed by atoms with Crippen molar-refractivity contribution in [1.82, 2.24) is 25.8 Å². The van der Waals surface area contributed by atoms with Gasteiger partial charge in [0, 0.05) is 34.2 Å². The molecule has 13 nitrogen and oxygen atoms in total. The summed E-state index contributed by atoms with van der Waals surface area (Å²) in [5.41, 5.74) is 1.77. The molecule has 0 spiro atoms. The highest BCUT2D eigenvalue weighted by Gasteiger charge is 2.43. The van der Waals surface area contributed by atoms with E-state index >= 15 is 0 Å². The van der Waals surface area contributed by atoms with E-state index < -0.39 is 60.2 Å². The molecule has 0 radical (unpaired) electrons. The lowest BCUT2D eigenvalue weighted by Crippen LogP contribution is -2.59. The maximum atomic E-state index is 14.2. The normalized spacial score (nSPS) is 19.1. The number of nitrogens with one attached hydrogen (secondary N) is 3. The summed E-state index contributed by atoms with van der Waals surface area (Å²) in [4.78, 5) is 70.6. The lowest BCUT2D eigenvalue weighted by Gasteiger charge is -2.41. The number of carbonyl (C=O) groups excluding carboxylic acids is 4. The van der Waals surface area contributed by atoms with Gasteiger partial charge >= 0.3 is 5.97 Å². The van der Waals surface area contributed by atoms with E-state index in [0.717, 1.165) is 17.5 Å². The molecular formula is C40H67N5O8. The molecular weight excluding hydrogens is 678 g/mol. The van der Waals surface area contributed by atoms with E-state index in [9.17, 15) is 29.1 Å². The minimum absolute atomic E-state index is 0.0119. The smallest absolute Gasteiger partial charge is 0.326 e. The molecule has 1 aromatic carbocycles. The zero-order valence-electron chi connectivity index (χ0n) is 34.1. The zero-order valence-corrected chi connectivity index (χ0v) is 34.1. The summed E-state index contributed by atoms with van der Waals surface area (Å²) in [5, 5.41) is 18.7. The third-order valence-electron chi connectivity index (χ3n) is 11.0. The van der Waals surface area contributed by atoms with Gasteiger partial charge in [-0.2, -0.15) is 0 Å². The van der Waals surface area contributed by atoms with Crippen molar-refractivity contribution in [3.8, 4) is 0 Å². The van der Waals surface area contributed by atoms with Gasteiger partial charge in [0.2, 0.25) is 23.6 Å². The first-order valence-corrected chi connectivity index (χ1v) is 19.1. The Hall–Kier alpha value is -3.55. The van der Waals surface area contributed by atoms with Crippen LogP contribution in [-0.4, -0.2) is 122 Å². The molecule has 0 aliphatic carbocycles. The number of benzene rings is 1. The summed E-state index contributed by atoms with van der Waals surface area (Å²) in [6, 6.07) is 4.19.